The summed E-state index contributed by atoms with van der Waals surface area (Å²) in [5.74, 6) is -0.0724. The van der Waals surface area contributed by atoms with E-state index < -0.39 is 0 Å². The van der Waals surface area contributed by atoms with Crippen LogP contribution in [0.25, 0.3) is 0 Å². The SMILES string of the molecule is Cc1nn(C)c(C)c1NC(=O)[C@@H](C)N(C)Cc1ccc(Cl)c(Cl)c1. The third-order valence-corrected chi connectivity index (χ3v) is 4.95. The van der Waals surface area contributed by atoms with Gasteiger partial charge < -0.3 is 5.32 Å². The van der Waals surface area contributed by atoms with Crippen LogP contribution in [-0.4, -0.2) is 33.7 Å². The molecule has 0 radical (unpaired) electrons. The summed E-state index contributed by atoms with van der Waals surface area (Å²) in [7, 11) is 3.76. The second-order valence-corrected chi connectivity index (χ2v) is 6.81. The van der Waals surface area contributed by atoms with Crippen molar-refractivity contribution >= 4 is 34.8 Å². The zero-order valence-corrected chi connectivity index (χ0v) is 16.0. The fourth-order valence-electron chi connectivity index (χ4n) is 2.45. The number of amides is 1. The van der Waals surface area contributed by atoms with E-state index in [-0.39, 0.29) is 11.9 Å². The van der Waals surface area contributed by atoms with Gasteiger partial charge in [0.15, 0.2) is 0 Å². The molecule has 2 aromatic rings. The third-order valence-electron chi connectivity index (χ3n) is 4.21. The van der Waals surface area contributed by atoms with Crippen molar-refractivity contribution in [1.82, 2.24) is 14.7 Å². The third kappa shape index (κ3) is 4.09. The Morgan fingerprint density at radius 2 is 2.00 bits per heavy atom. The van der Waals surface area contributed by atoms with E-state index in [1.165, 1.54) is 0 Å². The molecule has 0 aliphatic carbocycles. The van der Waals surface area contributed by atoms with E-state index in [0.717, 1.165) is 22.6 Å². The molecule has 2 rings (SSSR count). The normalized spacial score (nSPS) is 12.5. The Hall–Kier alpha value is -1.56. The predicted molar refractivity (Wildman–Crippen MR) is 98.7 cm³/mol. The van der Waals surface area contributed by atoms with E-state index in [1.807, 2.05) is 51.9 Å². The zero-order valence-electron chi connectivity index (χ0n) is 14.5. The van der Waals surface area contributed by atoms with Gasteiger partial charge in [0.25, 0.3) is 0 Å². The van der Waals surface area contributed by atoms with Crippen LogP contribution in [0.3, 0.4) is 0 Å². The maximum absolute atomic E-state index is 12.5. The second-order valence-electron chi connectivity index (χ2n) is 6.00. The number of carbonyl (C=O) groups is 1. The van der Waals surface area contributed by atoms with Crippen molar-refractivity contribution in [3.8, 4) is 0 Å². The highest BCUT2D eigenvalue weighted by atomic mass is 35.5. The average Bonchev–Trinajstić information content (AvgIpc) is 2.76. The number of hydrogen-bond acceptors (Lipinski definition) is 3. The molecule has 0 aliphatic rings. The molecule has 0 unspecified atom stereocenters. The first-order valence-electron chi connectivity index (χ1n) is 7.66. The molecule has 1 aromatic heterocycles. The molecular weight excluding hydrogens is 347 g/mol. The Bertz CT molecular complexity index is 757. The number of hydrogen-bond donors (Lipinski definition) is 1. The fourth-order valence-corrected chi connectivity index (χ4v) is 2.77. The van der Waals surface area contributed by atoms with Crippen molar-refractivity contribution in [3.05, 3.63) is 45.2 Å². The Kier molecular flexibility index (Phi) is 5.91. The number of halogens is 2. The second kappa shape index (κ2) is 7.55. The minimum absolute atomic E-state index is 0.0724. The monoisotopic (exact) mass is 368 g/mol. The molecule has 0 saturated carbocycles. The molecule has 1 atom stereocenters. The van der Waals surface area contributed by atoms with Gasteiger partial charge in [-0.2, -0.15) is 5.10 Å². The Balaban J connectivity index is 2.05. The van der Waals surface area contributed by atoms with Gasteiger partial charge in [0.1, 0.15) is 0 Å². The summed E-state index contributed by atoms with van der Waals surface area (Å²) in [5, 5.41) is 8.33. The molecule has 1 amide bonds. The van der Waals surface area contributed by atoms with Gasteiger partial charge in [-0.25, -0.2) is 0 Å². The van der Waals surface area contributed by atoms with Crippen molar-refractivity contribution in [2.75, 3.05) is 12.4 Å². The molecule has 0 fully saturated rings. The van der Waals surface area contributed by atoms with E-state index >= 15 is 0 Å². The molecule has 0 spiro atoms. The first-order valence-corrected chi connectivity index (χ1v) is 8.41. The maximum atomic E-state index is 12.5. The van der Waals surface area contributed by atoms with E-state index in [9.17, 15) is 4.79 Å². The minimum Gasteiger partial charge on any atom is -0.322 e. The van der Waals surface area contributed by atoms with Crippen molar-refractivity contribution in [2.24, 2.45) is 7.05 Å². The van der Waals surface area contributed by atoms with Crippen LogP contribution in [-0.2, 0) is 18.4 Å². The first kappa shape index (κ1) is 18.8. The number of likely N-dealkylation sites (N-methyl/N-ethyl adjacent to an activating group) is 1. The fraction of sp³-hybridized carbons (Fsp3) is 0.412. The lowest BCUT2D eigenvalue weighted by Crippen LogP contribution is -2.39. The summed E-state index contributed by atoms with van der Waals surface area (Å²) >= 11 is 12.0. The number of aromatic nitrogens is 2. The van der Waals surface area contributed by atoms with Crippen LogP contribution < -0.4 is 5.32 Å². The molecule has 5 nitrogen and oxygen atoms in total. The van der Waals surface area contributed by atoms with Gasteiger partial charge >= 0.3 is 0 Å². The highest BCUT2D eigenvalue weighted by Crippen LogP contribution is 2.24. The van der Waals surface area contributed by atoms with E-state index in [0.29, 0.717) is 16.6 Å². The van der Waals surface area contributed by atoms with Gasteiger partial charge in [-0.15, -0.1) is 0 Å². The molecule has 0 aliphatic heterocycles. The van der Waals surface area contributed by atoms with Crippen LogP contribution in [0.15, 0.2) is 18.2 Å². The van der Waals surface area contributed by atoms with Crippen LogP contribution in [0.1, 0.15) is 23.9 Å². The molecular formula is C17H22Cl2N4O. The summed E-state index contributed by atoms with van der Waals surface area (Å²) in [4.78, 5) is 14.5. The van der Waals surface area contributed by atoms with Gasteiger partial charge in [0.05, 0.1) is 33.2 Å². The first-order chi connectivity index (χ1) is 11.2. The number of benzene rings is 1. The highest BCUT2D eigenvalue weighted by Gasteiger charge is 2.21. The Morgan fingerprint density at radius 3 is 2.54 bits per heavy atom. The summed E-state index contributed by atoms with van der Waals surface area (Å²) in [6, 6.07) is 5.18. The number of nitrogens with one attached hydrogen (secondary N) is 1. The molecule has 0 bridgehead atoms. The van der Waals surface area contributed by atoms with Crippen molar-refractivity contribution in [2.45, 2.75) is 33.4 Å². The Morgan fingerprint density at radius 1 is 1.33 bits per heavy atom. The molecule has 130 valence electrons. The predicted octanol–water partition coefficient (Wildman–Crippen LogP) is 3.80. The summed E-state index contributed by atoms with van der Waals surface area (Å²) in [6.07, 6.45) is 0. The average molecular weight is 369 g/mol. The van der Waals surface area contributed by atoms with E-state index in [1.54, 1.807) is 10.7 Å². The lowest BCUT2D eigenvalue weighted by molar-refractivity contribution is -0.120. The van der Waals surface area contributed by atoms with E-state index in [4.69, 9.17) is 23.2 Å². The van der Waals surface area contributed by atoms with Gasteiger partial charge in [0, 0.05) is 13.6 Å². The van der Waals surface area contributed by atoms with Crippen molar-refractivity contribution in [1.29, 1.82) is 0 Å². The molecule has 7 heteroatoms. The number of rotatable bonds is 5. The summed E-state index contributed by atoms with van der Waals surface area (Å²) < 4.78 is 1.76. The van der Waals surface area contributed by atoms with Gasteiger partial charge in [-0.1, -0.05) is 29.3 Å². The van der Waals surface area contributed by atoms with Gasteiger partial charge in [-0.3, -0.25) is 14.4 Å². The maximum Gasteiger partial charge on any atom is 0.241 e. The quantitative estimate of drug-likeness (QED) is 0.872. The van der Waals surface area contributed by atoms with Crippen LogP contribution >= 0.6 is 23.2 Å². The molecule has 24 heavy (non-hydrogen) atoms. The minimum atomic E-state index is -0.307. The topological polar surface area (TPSA) is 50.2 Å². The van der Waals surface area contributed by atoms with Crippen LogP contribution in [0.2, 0.25) is 10.0 Å². The lowest BCUT2D eigenvalue weighted by atomic mass is 10.2. The van der Waals surface area contributed by atoms with Gasteiger partial charge in [0.2, 0.25) is 5.91 Å². The Labute approximate surface area is 152 Å². The molecule has 1 aromatic carbocycles. The molecule has 1 heterocycles. The summed E-state index contributed by atoms with van der Waals surface area (Å²) in [5.41, 5.74) is 3.51. The molecule has 0 saturated heterocycles. The standard InChI is InChI=1S/C17H22Cl2N4O/c1-10-16(11(2)23(5)21-10)20-17(24)12(3)22(4)9-13-6-7-14(18)15(19)8-13/h6-8,12H,9H2,1-5H3,(H,20,24)/t12-/m1/s1. The summed E-state index contributed by atoms with van der Waals surface area (Å²) in [6.45, 7) is 6.27. The van der Waals surface area contributed by atoms with Crippen LogP contribution in [0.5, 0.6) is 0 Å². The zero-order chi connectivity index (χ0) is 18.0. The number of nitrogens with zero attached hydrogens (tertiary/aromatic N) is 3. The largest absolute Gasteiger partial charge is 0.322 e. The van der Waals surface area contributed by atoms with Crippen molar-refractivity contribution < 1.29 is 4.79 Å². The lowest BCUT2D eigenvalue weighted by Gasteiger charge is -2.24. The highest BCUT2D eigenvalue weighted by molar-refractivity contribution is 6.42. The van der Waals surface area contributed by atoms with Crippen molar-refractivity contribution in [3.63, 3.8) is 0 Å². The smallest absolute Gasteiger partial charge is 0.241 e. The number of aryl methyl sites for hydroxylation is 2. The number of anilines is 1. The van der Waals surface area contributed by atoms with Gasteiger partial charge in [-0.05, 0) is 45.5 Å². The molecule has 1 N–H and O–H groups in total. The van der Waals surface area contributed by atoms with E-state index in [2.05, 4.69) is 10.4 Å². The van der Waals surface area contributed by atoms with Crippen LogP contribution in [0.4, 0.5) is 5.69 Å². The number of carbonyl (C=O) groups excluding carboxylic acids is 1. The van der Waals surface area contributed by atoms with Crippen LogP contribution in [0, 0.1) is 13.8 Å².